The molecule has 0 aromatic heterocycles. The maximum atomic E-state index is 12.2. The summed E-state index contributed by atoms with van der Waals surface area (Å²) in [5.41, 5.74) is 2.70. The molecule has 154 valence electrons. The third-order valence-corrected chi connectivity index (χ3v) is 5.15. The number of amides is 1. The Morgan fingerprint density at radius 2 is 2.00 bits per heavy atom. The molecule has 1 amide bonds. The number of ether oxygens (including phenoxy) is 1. The van der Waals surface area contributed by atoms with E-state index in [0.717, 1.165) is 29.7 Å². The largest absolute Gasteiger partial charge is 0.368 e. The second-order valence-corrected chi connectivity index (χ2v) is 7.55. The van der Waals surface area contributed by atoms with Gasteiger partial charge in [0.05, 0.1) is 0 Å². The van der Waals surface area contributed by atoms with Crippen LogP contribution < -0.4 is 16.0 Å². The van der Waals surface area contributed by atoms with Crippen molar-refractivity contribution in [2.45, 2.75) is 32.0 Å². The van der Waals surface area contributed by atoms with Crippen LogP contribution in [-0.2, 0) is 22.6 Å². The molecule has 3 N–H and O–H groups in total. The smallest absolute Gasteiger partial charge is 0.253 e. The molecule has 0 bridgehead atoms. The van der Waals surface area contributed by atoms with E-state index in [4.69, 9.17) is 27.9 Å². The van der Waals surface area contributed by atoms with E-state index in [-0.39, 0.29) is 12.0 Å². The normalized spacial score (nSPS) is 16.5. The van der Waals surface area contributed by atoms with Crippen molar-refractivity contribution in [3.05, 3.63) is 63.6 Å². The Labute approximate surface area is 180 Å². The first-order valence-electron chi connectivity index (χ1n) is 9.45. The molecule has 2 aromatic carbocycles. The zero-order valence-corrected chi connectivity index (χ0v) is 17.7. The zero-order valence-electron chi connectivity index (χ0n) is 16.2. The first-order valence-corrected chi connectivity index (χ1v) is 10.2. The summed E-state index contributed by atoms with van der Waals surface area (Å²) in [6.45, 7) is 1.72. The van der Waals surface area contributed by atoms with Gasteiger partial charge in [0.1, 0.15) is 6.10 Å². The van der Waals surface area contributed by atoms with Gasteiger partial charge in [-0.3, -0.25) is 9.79 Å². The second kappa shape index (κ2) is 10.5. The van der Waals surface area contributed by atoms with Gasteiger partial charge in [-0.1, -0.05) is 41.4 Å². The standard InChI is InChI=1S/C21H24Cl2N4O2/c1-24-21(26-13-15-7-8-16(22)11-18(15)23)25-12-14-4-2-5-17(10-14)27-20(28)19-6-3-9-29-19/h2,4-5,7-8,10-11,19H,3,6,9,12-13H2,1H3,(H,27,28)(H2,24,25,26). The second-order valence-electron chi connectivity index (χ2n) is 6.71. The van der Waals surface area contributed by atoms with Crippen LogP contribution in [0.4, 0.5) is 5.69 Å². The lowest BCUT2D eigenvalue weighted by atomic mass is 10.2. The van der Waals surface area contributed by atoms with Gasteiger partial charge in [-0.05, 0) is 48.2 Å². The first kappa shape index (κ1) is 21.4. The van der Waals surface area contributed by atoms with Crippen LogP contribution >= 0.6 is 23.2 Å². The molecule has 1 aliphatic rings. The van der Waals surface area contributed by atoms with Gasteiger partial charge in [-0.15, -0.1) is 0 Å². The number of nitrogens with zero attached hydrogens (tertiary/aromatic N) is 1. The average Bonchev–Trinajstić information content (AvgIpc) is 3.25. The van der Waals surface area contributed by atoms with Crippen LogP contribution in [0, 0.1) is 0 Å². The summed E-state index contributed by atoms with van der Waals surface area (Å²) in [6, 6.07) is 13.1. The van der Waals surface area contributed by atoms with Crippen molar-refractivity contribution in [1.29, 1.82) is 0 Å². The summed E-state index contributed by atoms with van der Waals surface area (Å²) in [6.07, 6.45) is 1.35. The van der Waals surface area contributed by atoms with Gasteiger partial charge in [0.25, 0.3) is 5.91 Å². The minimum atomic E-state index is -0.348. The maximum absolute atomic E-state index is 12.2. The Morgan fingerprint density at radius 1 is 1.17 bits per heavy atom. The van der Waals surface area contributed by atoms with Crippen LogP contribution in [-0.4, -0.2) is 31.6 Å². The average molecular weight is 435 g/mol. The highest BCUT2D eigenvalue weighted by Crippen LogP contribution is 2.20. The van der Waals surface area contributed by atoms with Gasteiger partial charge in [-0.25, -0.2) is 0 Å². The van der Waals surface area contributed by atoms with Gasteiger partial charge < -0.3 is 20.7 Å². The van der Waals surface area contributed by atoms with Crippen molar-refractivity contribution in [2.24, 2.45) is 4.99 Å². The van der Waals surface area contributed by atoms with E-state index in [1.165, 1.54) is 0 Å². The number of rotatable bonds is 6. The molecule has 1 atom stereocenters. The van der Waals surface area contributed by atoms with Crippen molar-refractivity contribution in [3.63, 3.8) is 0 Å². The molecule has 1 aliphatic heterocycles. The van der Waals surface area contributed by atoms with Crippen LogP contribution in [0.25, 0.3) is 0 Å². The van der Waals surface area contributed by atoms with Crippen LogP contribution in [0.15, 0.2) is 47.5 Å². The molecule has 1 fully saturated rings. The molecule has 0 aliphatic carbocycles. The molecule has 1 heterocycles. The lowest BCUT2D eigenvalue weighted by Crippen LogP contribution is -2.36. The van der Waals surface area contributed by atoms with E-state index >= 15 is 0 Å². The molecular formula is C21H24Cl2N4O2. The SMILES string of the molecule is CN=C(NCc1cccc(NC(=O)C2CCCO2)c1)NCc1ccc(Cl)cc1Cl. The number of hydrogen-bond acceptors (Lipinski definition) is 3. The van der Waals surface area contributed by atoms with Crippen LogP contribution in [0.2, 0.25) is 10.0 Å². The summed E-state index contributed by atoms with van der Waals surface area (Å²) in [7, 11) is 1.71. The lowest BCUT2D eigenvalue weighted by molar-refractivity contribution is -0.124. The highest BCUT2D eigenvalue weighted by Gasteiger charge is 2.23. The molecule has 1 saturated heterocycles. The van der Waals surface area contributed by atoms with E-state index in [1.807, 2.05) is 30.3 Å². The molecule has 0 spiro atoms. The van der Waals surface area contributed by atoms with E-state index < -0.39 is 0 Å². The predicted octanol–water partition coefficient (Wildman–Crippen LogP) is 3.98. The number of nitrogens with one attached hydrogen (secondary N) is 3. The lowest BCUT2D eigenvalue weighted by Gasteiger charge is -2.14. The van der Waals surface area contributed by atoms with E-state index in [0.29, 0.717) is 35.7 Å². The minimum absolute atomic E-state index is 0.0927. The fourth-order valence-electron chi connectivity index (χ4n) is 3.02. The van der Waals surface area contributed by atoms with Crippen LogP contribution in [0.3, 0.4) is 0 Å². The Morgan fingerprint density at radius 3 is 2.72 bits per heavy atom. The minimum Gasteiger partial charge on any atom is -0.368 e. The predicted molar refractivity (Wildman–Crippen MR) is 118 cm³/mol. The van der Waals surface area contributed by atoms with Crippen molar-refractivity contribution in [3.8, 4) is 0 Å². The third kappa shape index (κ3) is 6.35. The van der Waals surface area contributed by atoms with E-state index in [9.17, 15) is 4.79 Å². The summed E-state index contributed by atoms with van der Waals surface area (Å²) in [4.78, 5) is 16.4. The number of anilines is 1. The Balaban J connectivity index is 1.52. The first-order chi connectivity index (χ1) is 14.0. The fraction of sp³-hybridized carbons (Fsp3) is 0.333. The Bertz CT molecular complexity index is 883. The van der Waals surface area contributed by atoms with E-state index in [2.05, 4.69) is 20.9 Å². The highest BCUT2D eigenvalue weighted by atomic mass is 35.5. The highest BCUT2D eigenvalue weighted by molar-refractivity contribution is 6.35. The van der Waals surface area contributed by atoms with Crippen LogP contribution in [0.5, 0.6) is 0 Å². The number of aliphatic imine (C=N–C) groups is 1. The number of carbonyl (C=O) groups excluding carboxylic acids is 1. The quantitative estimate of drug-likeness (QED) is 0.474. The molecule has 0 radical (unpaired) electrons. The molecule has 3 rings (SSSR count). The van der Waals surface area contributed by atoms with Crippen molar-refractivity contribution < 1.29 is 9.53 Å². The third-order valence-electron chi connectivity index (χ3n) is 4.56. The monoisotopic (exact) mass is 434 g/mol. The summed E-state index contributed by atoms with van der Waals surface area (Å²) in [5.74, 6) is 0.551. The number of carbonyl (C=O) groups is 1. The Kier molecular flexibility index (Phi) is 7.75. The van der Waals surface area contributed by atoms with Gasteiger partial charge in [0.2, 0.25) is 0 Å². The summed E-state index contributed by atoms with van der Waals surface area (Å²) >= 11 is 12.1. The van der Waals surface area contributed by atoms with Crippen molar-refractivity contribution in [1.82, 2.24) is 10.6 Å². The summed E-state index contributed by atoms with van der Waals surface area (Å²) in [5, 5.41) is 10.6. The molecular weight excluding hydrogens is 411 g/mol. The number of hydrogen-bond donors (Lipinski definition) is 3. The molecule has 1 unspecified atom stereocenters. The van der Waals surface area contributed by atoms with Crippen molar-refractivity contribution in [2.75, 3.05) is 19.0 Å². The number of guanidine groups is 1. The molecule has 29 heavy (non-hydrogen) atoms. The molecule has 0 saturated carbocycles. The number of halogens is 2. The zero-order chi connectivity index (χ0) is 20.6. The van der Waals surface area contributed by atoms with Crippen molar-refractivity contribution >= 4 is 40.8 Å². The van der Waals surface area contributed by atoms with Crippen LogP contribution in [0.1, 0.15) is 24.0 Å². The van der Waals surface area contributed by atoms with Gasteiger partial charge in [0.15, 0.2) is 5.96 Å². The number of benzene rings is 2. The summed E-state index contributed by atoms with van der Waals surface area (Å²) < 4.78 is 5.42. The van der Waals surface area contributed by atoms with Gasteiger partial charge >= 0.3 is 0 Å². The van der Waals surface area contributed by atoms with Gasteiger partial charge in [0, 0.05) is 42.5 Å². The fourth-order valence-corrected chi connectivity index (χ4v) is 3.49. The molecule has 2 aromatic rings. The topological polar surface area (TPSA) is 74.8 Å². The van der Waals surface area contributed by atoms with E-state index in [1.54, 1.807) is 19.2 Å². The maximum Gasteiger partial charge on any atom is 0.253 e. The molecule has 6 nitrogen and oxygen atoms in total. The molecule has 8 heteroatoms. The Hall–Kier alpha value is -2.28. The van der Waals surface area contributed by atoms with Gasteiger partial charge in [-0.2, -0.15) is 0 Å².